The minimum absolute atomic E-state index is 0.0436. The van der Waals surface area contributed by atoms with E-state index in [1.165, 1.54) is 12.1 Å². The minimum Gasteiger partial charge on any atom is -0.490 e. The molecule has 0 saturated heterocycles. The van der Waals surface area contributed by atoms with Crippen LogP contribution in [0.15, 0.2) is 12.1 Å². The van der Waals surface area contributed by atoms with E-state index in [2.05, 4.69) is 0 Å². The van der Waals surface area contributed by atoms with Crippen molar-refractivity contribution < 1.29 is 34.0 Å². The predicted molar refractivity (Wildman–Crippen MR) is 67.5 cm³/mol. The van der Waals surface area contributed by atoms with Crippen molar-refractivity contribution in [3.63, 3.8) is 0 Å². The number of benzene rings is 1. The summed E-state index contributed by atoms with van der Waals surface area (Å²) in [7, 11) is 0. The zero-order valence-corrected chi connectivity index (χ0v) is 11.0. The van der Waals surface area contributed by atoms with Crippen LogP contribution in [0.2, 0.25) is 0 Å². The van der Waals surface area contributed by atoms with Gasteiger partial charge in [-0.05, 0) is 6.92 Å². The first-order valence-electron chi connectivity index (χ1n) is 6.17. The van der Waals surface area contributed by atoms with E-state index in [1.54, 1.807) is 0 Å². The topological polar surface area (TPSA) is 94.5 Å². The maximum Gasteiger partial charge on any atom is 0.339 e. The molecule has 1 aromatic rings. The Morgan fingerprint density at radius 2 is 2.05 bits per heavy atom. The third-order valence-corrected chi connectivity index (χ3v) is 2.65. The molecule has 1 heterocycles. The second-order valence-corrected chi connectivity index (χ2v) is 4.13. The summed E-state index contributed by atoms with van der Waals surface area (Å²) < 4.78 is 20.7. The van der Waals surface area contributed by atoms with Gasteiger partial charge in [0, 0.05) is 18.7 Å². The number of carbonyl (C=O) groups is 1. The Balaban J connectivity index is 2.08. The Kier molecular flexibility index (Phi) is 4.65. The molecular formula is C13H16O7. The van der Waals surface area contributed by atoms with Crippen LogP contribution in [0.25, 0.3) is 0 Å². The Bertz CT molecular complexity index is 486. The highest BCUT2D eigenvalue weighted by Crippen LogP contribution is 2.38. The lowest BCUT2D eigenvalue weighted by Gasteiger charge is -2.14. The van der Waals surface area contributed by atoms with E-state index in [9.17, 15) is 9.90 Å². The number of ether oxygens (including phenoxy) is 4. The first kappa shape index (κ1) is 14.4. The molecule has 110 valence electrons. The van der Waals surface area contributed by atoms with Gasteiger partial charge in [0.2, 0.25) is 6.79 Å². The highest BCUT2D eigenvalue weighted by molar-refractivity contribution is 5.92. The van der Waals surface area contributed by atoms with Crippen LogP contribution in [-0.2, 0) is 4.74 Å². The van der Waals surface area contributed by atoms with Crippen molar-refractivity contribution >= 4 is 5.97 Å². The highest BCUT2D eigenvalue weighted by atomic mass is 16.7. The van der Waals surface area contributed by atoms with Gasteiger partial charge < -0.3 is 29.2 Å². The maximum absolute atomic E-state index is 11.2. The molecular weight excluding hydrogens is 268 g/mol. The number of hydrogen-bond donors (Lipinski definition) is 2. The molecule has 0 fully saturated rings. The van der Waals surface area contributed by atoms with Crippen molar-refractivity contribution in [2.24, 2.45) is 0 Å². The van der Waals surface area contributed by atoms with E-state index in [0.717, 1.165) is 0 Å². The first-order valence-corrected chi connectivity index (χ1v) is 6.17. The predicted octanol–water partition coefficient (Wildman–Crippen LogP) is 0.890. The molecule has 0 saturated carbocycles. The van der Waals surface area contributed by atoms with Crippen molar-refractivity contribution in [3.8, 4) is 17.2 Å². The van der Waals surface area contributed by atoms with Crippen LogP contribution in [0.4, 0.5) is 0 Å². The first-order chi connectivity index (χ1) is 9.61. The summed E-state index contributed by atoms with van der Waals surface area (Å²) in [6, 6.07) is 2.79. The fraction of sp³-hybridized carbons (Fsp3) is 0.462. The average Bonchev–Trinajstić information content (AvgIpc) is 2.88. The van der Waals surface area contributed by atoms with Crippen LogP contribution in [0.3, 0.4) is 0 Å². The van der Waals surface area contributed by atoms with Crippen LogP contribution in [0.5, 0.6) is 17.2 Å². The van der Waals surface area contributed by atoms with Crippen LogP contribution in [-0.4, -0.2) is 48.9 Å². The summed E-state index contributed by atoms with van der Waals surface area (Å²) in [5, 5.41) is 18.8. The Morgan fingerprint density at radius 3 is 2.70 bits per heavy atom. The van der Waals surface area contributed by atoms with Crippen molar-refractivity contribution in [1.29, 1.82) is 0 Å². The fourth-order valence-electron chi connectivity index (χ4n) is 1.70. The largest absolute Gasteiger partial charge is 0.490 e. The molecule has 20 heavy (non-hydrogen) atoms. The standard InChI is InChI=1S/C13H16O7/c1-2-17-5-8(14)6-18-10-4-12-11(19-7-20-12)3-9(10)13(15)16/h3-4,8,14H,2,5-7H2,1H3,(H,15,16). The van der Waals surface area contributed by atoms with Gasteiger partial charge in [-0.25, -0.2) is 4.79 Å². The molecule has 1 aliphatic rings. The second-order valence-electron chi connectivity index (χ2n) is 4.13. The lowest BCUT2D eigenvalue weighted by atomic mass is 10.2. The van der Waals surface area contributed by atoms with Gasteiger partial charge >= 0.3 is 5.97 Å². The van der Waals surface area contributed by atoms with Gasteiger partial charge in [0.1, 0.15) is 24.0 Å². The zero-order chi connectivity index (χ0) is 14.5. The van der Waals surface area contributed by atoms with Gasteiger partial charge in [0.25, 0.3) is 0 Å². The van der Waals surface area contributed by atoms with E-state index in [0.29, 0.717) is 18.1 Å². The van der Waals surface area contributed by atoms with Gasteiger partial charge in [-0.15, -0.1) is 0 Å². The summed E-state index contributed by atoms with van der Waals surface area (Å²) in [5.41, 5.74) is -0.0436. The van der Waals surface area contributed by atoms with E-state index in [4.69, 9.17) is 24.1 Å². The SMILES string of the molecule is CCOCC(O)COc1cc2c(cc1C(=O)O)OCO2. The molecule has 0 bridgehead atoms. The Labute approximate surface area is 115 Å². The van der Waals surface area contributed by atoms with Crippen LogP contribution in [0, 0.1) is 0 Å². The molecule has 2 rings (SSSR count). The van der Waals surface area contributed by atoms with E-state index in [-0.39, 0.29) is 31.3 Å². The molecule has 1 unspecified atom stereocenters. The third-order valence-electron chi connectivity index (χ3n) is 2.65. The normalized spacial score (nSPS) is 14.1. The molecule has 0 amide bonds. The molecule has 0 spiro atoms. The molecule has 0 aliphatic carbocycles. The third kappa shape index (κ3) is 3.31. The molecule has 0 radical (unpaired) electrons. The molecule has 2 N–H and O–H groups in total. The molecule has 1 atom stereocenters. The van der Waals surface area contributed by atoms with Gasteiger partial charge in [-0.3, -0.25) is 0 Å². The van der Waals surface area contributed by atoms with Crippen molar-refractivity contribution in [1.82, 2.24) is 0 Å². The summed E-state index contributed by atoms with van der Waals surface area (Å²) in [6.07, 6.45) is -0.831. The zero-order valence-electron chi connectivity index (χ0n) is 11.0. The van der Waals surface area contributed by atoms with Crippen molar-refractivity contribution in [3.05, 3.63) is 17.7 Å². The average molecular weight is 284 g/mol. The number of carboxylic acid groups (broad SMARTS) is 1. The van der Waals surface area contributed by atoms with Crippen LogP contribution in [0.1, 0.15) is 17.3 Å². The number of carboxylic acids is 1. The minimum atomic E-state index is -1.14. The number of hydrogen-bond acceptors (Lipinski definition) is 6. The number of aliphatic hydroxyl groups excluding tert-OH is 1. The van der Waals surface area contributed by atoms with Gasteiger partial charge in [-0.1, -0.05) is 0 Å². The van der Waals surface area contributed by atoms with E-state index >= 15 is 0 Å². The van der Waals surface area contributed by atoms with E-state index in [1.807, 2.05) is 6.92 Å². The Hall–Kier alpha value is -1.99. The fourth-order valence-corrected chi connectivity index (χ4v) is 1.70. The lowest BCUT2D eigenvalue weighted by Crippen LogP contribution is -2.24. The molecule has 1 aliphatic heterocycles. The van der Waals surface area contributed by atoms with Crippen LogP contribution >= 0.6 is 0 Å². The summed E-state index contributed by atoms with van der Waals surface area (Å²) in [4.78, 5) is 11.2. The van der Waals surface area contributed by atoms with E-state index < -0.39 is 12.1 Å². The lowest BCUT2D eigenvalue weighted by molar-refractivity contribution is 0.0160. The van der Waals surface area contributed by atoms with Crippen molar-refractivity contribution in [2.45, 2.75) is 13.0 Å². The molecule has 1 aromatic carbocycles. The quantitative estimate of drug-likeness (QED) is 0.767. The van der Waals surface area contributed by atoms with Crippen molar-refractivity contribution in [2.75, 3.05) is 26.6 Å². The maximum atomic E-state index is 11.2. The summed E-state index contributed by atoms with van der Waals surface area (Å²) in [5.74, 6) is -0.233. The Morgan fingerprint density at radius 1 is 1.35 bits per heavy atom. The second kappa shape index (κ2) is 6.44. The highest BCUT2D eigenvalue weighted by Gasteiger charge is 2.22. The molecule has 7 nitrogen and oxygen atoms in total. The number of fused-ring (bicyclic) bond motifs is 1. The van der Waals surface area contributed by atoms with Gasteiger partial charge in [0.05, 0.1) is 6.61 Å². The number of aromatic carboxylic acids is 1. The summed E-state index contributed by atoms with van der Waals surface area (Å²) >= 11 is 0. The smallest absolute Gasteiger partial charge is 0.339 e. The van der Waals surface area contributed by atoms with Crippen LogP contribution < -0.4 is 14.2 Å². The van der Waals surface area contributed by atoms with Gasteiger partial charge in [0.15, 0.2) is 11.5 Å². The number of aliphatic hydroxyl groups is 1. The molecule has 0 aromatic heterocycles. The number of rotatable bonds is 7. The summed E-state index contributed by atoms with van der Waals surface area (Å²) in [6.45, 7) is 2.41. The monoisotopic (exact) mass is 284 g/mol. The molecule has 7 heteroatoms. The van der Waals surface area contributed by atoms with Gasteiger partial charge in [-0.2, -0.15) is 0 Å².